The fraction of sp³-hybridized carbons (Fsp3) is 0.952. The number of hydrogen-bond acceptors (Lipinski definition) is 30. The summed E-state index contributed by atoms with van der Waals surface area (Å²) in [6, 6.07) is 0. The summed E-state index contributed by atoms with van der Waals surface area (Å²) >= 11 is 0. The average Bonchev–Trinajstić information content (AvgIpc) is 1.33. The summed E-state index contributed by atoms with van der Waals surface area (Å²) in [6.45, 7) is 16.2. The Morgan fingerprint density at radius 2 is 1.01 bits per heavy atom. The van der Waals surface area contributed by atoms with Gasteiger partial charge in [-0.1, -0.05) is 39.3 Å². The molecule has 3 saturated carbocycles. The van der Waals surface area contributed by atoms with Crippen molar-refractivity contribution in [2.24, 2.45) is 40.4 Å². The average molecular weight is 1380 g/mol. The summed E-state index contributed by atoms with van der Waals surface area (Å²) in [5.74, 6) is -0.854. The highest BCUT2D eigenvalue weighted by Gasteiger charge is 2.64. The second-order valence-electron chi connectivity index (χ2n) is 29.4. The van der Waals surface area contributed by atoms with Crippen LogP contribution < -0.4 is 0 Å². The highest BCUT2D eigenvalue weighted by Crippen LogP contribution is 2.67. The van der Waals surface area contributed by atoms with Gasteiger partial charge < -0.3 is 128 Å². The van der Waals surface area contributed by atoms with Gasteiger partial charge in [0.1, 0.15) is 116 Å². The first kappa shape index (κ1) is 74.9. The largest absolute Gasteiger partial charge is 0.397 e. The molecule has 0 bridgehead atoms. The van der Waals surface area contributed by atoms with E-state index in [0.717, 1.165) is 5.57 Å². The predicted octanol–water partition coefficient (Wildman–Crippen LogP) is -2.80. The maximum atomic E-state index is 13.3. The van der Waals surface area contributed by atoms with Crippen LogP contribution in [-0.4, -0.2) is 293 Å². The van der Waals surface area contributed by atoms with Crippen LogP contribution in [0.5, 0.6) is 0 Å². The Labute approximate surface area is 546 Å². The van der Waals surface area contributed by atoms with Gasteiger partial charge >= 0.3 is 10.4 Å². The number of ether oxygens (including phenoxy) is 12. The van der Waals surface area contributed by atoms with Crippen LogP contribution in [0.2, 0.25) is 0 Å². The van der Waals surface area contributed by atoms with Crippen LogP contribution >= 0.6 is 0 Å². The molecule has 32 heteroatoms. The van der Waals surface area contributed by atoms with Gasteiger partial charge in [0.25, 0.3) is 0 Å². The van der Waals surface area contributed by atoms with Gasteiger partial charge in [0, 0.05) is 12.8 Å². The van der Waals surface area contributed by atoms with Gasteiger partial charge in [-0.15, -0.1) is 0 Å². The van der Waals surface area contributed by atoms with Crippen molar-refractivity contribution in [3.63, 3.8) is 0 Å². The molecule has 0 aromatic carbocycles. The Kier molecular flexibility index (Phi) is 23.1. The topological polar surface area (TPSA) is 475 Å². The molecule has 0 amide bonds. The van der Waals surface area contributed by atoms with Crippen LogP contribution in [0.15, 0.2) is 11.6 Å². The molecule has 6 aliphatic heterocycles. The lowest BCUT2D eigenvalue weighted by Crippen LogP contribution is -2.67. The Morgan fingerprint density at radius 1 is 0.553 bits per heavy atom. The lowest BCUT2D eigenvalue weighted by Gasteiger charge is -2.60. The lowest BCUT2D eigenvalue weighted by molar-refractivity contribution is -0.401. The van der Waals surface area contributed by atoms with E-state index in [1.807, 2.05) is 13.8 Å². The van der Waals surface area contributed by atoms with Gasteiger partial charge in [-0.3, -0.25) is 9.35 Å². The molecule has 0 aromatic rings. The molecule has 0 radical (unpaired) electrons. The first-order chi connectivity index (χ1) is 43.8. The maximum absolute atomic E-state index is 13.3. The van der Waals surface area contributed by atoms with E-state index in [0.29, 0.717) is 38.5 Å². The van der Waals surface area contributed by atoms with Crippen molar-refractivity contribution in [2.75, 3.05) is 6.61 Å². The summed E-state index contributed by atoms with van der Waals surface area (Å²) in [7, 11) is -4.90. The molecule has 31 nitrogen and oxygen atoms in total. The van der Waals surface area contributed by atoms with Crippen LogP contribution in [-0.2, 0) is 76.2 Å². The summed E-state index contributed by atoms with van der Waals surface area (Å²) in [5, 5.41) is 159. The van der Waals surface area contributed by atoms with Gasteiger partial charge in [-0.2, -0.15) is 8.42 Å². The molecule has 10 aliphatic rings. The predicted molar refractivity (Wildman–Crippen MR) is 315 cm³/mol. The minimum Gasteiger partial charge on any atom is -0.389 e. The summed E-state index contributed by atoms with van der Waals surface area (Å²) in [6.07, 6.45) is -44.9. The Morgan fingerprint density at radius 3 is 1.54 bits per heavy atom. The Hall–Kier alpha value is -1.76. The second kappa shape index (κ2) is 28.9. The SMILES string of the molecule is CC(C)CC(=O)CC(C)(O)[C@H]1CCC2C3C[C@H](OC4OC(C)C(O)C(OC5OCC(OC6OC(C)C(O)C(O)C6OC6OC(C)C(O)C(OC7OC(C)C(O)C(O)C7O)C6O)C(O)C5OC5OC(C)C(O)C(O)C5O)C4O)[C@H]4C[C@@H](OS(=O)(=O)O)CC[C@]4(C)C3=CC[C@@]21C. The van der Waals surface area contributed by atoms with E-state index in [1.54, 1.807) is 6.92 Å². The van der Waals surface area contributed by atoms with E-state index in [2.05, 4.69) is 19.9 Å². The van der Waals surface area contributed by atoms with Crippen molar-refractivity contribution in [1.29, 1.82) is 0 Å². The van der Waals surface area contributed by atoms with Crippen LogP contribution in [0.4, 0.5) is 0 Å². The van der Waals surface area contributed by atoms with Crippen molar-refractivity contribution >= 4 is 16.2 Å². The summed E-state index contributed by atoms with van der Waals surface area (Å²) in [5.41, 5.74) is -1.30. The number of ketones is 1. The molecule has 4 aliphatic carbocycles. The van der Waals surface area contributed by atoms with Crippen molar-refractivity contribution < 1.29 is 150 Å². The van der Waals surface area contributed by atoms with Crippen LogP contribution in [0.3, 0.4) is 0 Å². The molecule has 38 atom stereocenters. The van der Waals surface area contributed by atoms with Crippen molar-refractivity contribution in [1.82, 2.24) is 0 Å². The standard InChI is InChI=1S/C62H102O31S/c1-22(2)17-28(63)20-62(10,77)36-12-11-31-30-19-34(33-18-29(93-94(78,79)80)13-15-60(33,8)32(30)14-16-61(31,36)9)87-56-48(75)51(41(68)26(6)84-56)90-58-52(91-55-47(74)44(71)38(65)24(4)83-55)42(69)35(21-81-58)88-59-53(45(72)39(66)25(5)86-59)92-57-49(76)50(40(67)27(7)85-57)89-54-46(73)43(70)37(64)23(3)82-54/h14,22-27,29-31,33-59,64-77H,11-13,15-21H2,1-10H3,(H,78,79,80)/t23?,24?,25?,26?,27?,29-,30?,31?,33+,34-,35?,36-,37?,38?,39?,40?,41?,42?,43?,44?,45?,46?,47?,48?,49?,50?,51?,52?,53?,54?,55?,56?,57?,58?,59?,60+,61-,62?/m0/s1. The molecule has 9 fully saturated rings. The smallest absolute Gasteiger partial charge is 0.389 e. The van der Waals surface area contributed by atoms with Gasteiger partial charge in [-0.25, -0.2) is 4.18 Å². The molecular formula is C62H102O31S. The van der Waals surface area contributed by atoms with Gasteiger partial charge in [-0.05, 0) is 127 Å². The minimum absolute atomic E-state index is 0.00310. The van der Waals surface area contributed by atoms with E-state index >= 15 is 0 Å². The minimum atomic E-state index is -4.90. The van der Waals surface area contributed by atoms with E-state index in [9.17, 15) is 89.3 Å². The zero-order valence-electron chi connectivity index (χ0n) is 54.6. The lowest BCUT2D eigenvalue weighted by atomic mass is 9.47. The van der Waals surface area contributed by atoms with Crippen LogP contribution in [0.1, 0.15) is 127 Å². The third-order valence-electron chi connectivity index (χ3n) is 22.3. The van der Waals surface area contributed by atoms with Gasteiger partial charge in [0.05, 0.1) is 54.9 Å². The molecule has 10 rings (SSSR count). The molecule has 542 valence electrons. The fourth-order valence-electron chi connectivity index (χ4n) is 17.1. The number of carbonyl (C=O) groups excluding carboxylic acids is 1. The highest BCUT2D eigenvalue weighted by atomic mass is 32.3. The number of aliphatic hydroxyl groups excluding tert-OH is 13. The number of aliphatic hydroxyl groups is 14. The third-order valence-corrected chi connectivity index (χ3v) is 22.8. The van der Waals surface area contributed by atoms with E-state index in [4.69, 9.17) is 61.0 Å². The number of fused-ring (bicyclic) bond motifs is 5. The van der Waals surface area contributed by atoms with Crippen molar-refractivity contribution in [2.45, 2.75) is 323 Å². The molecule has 6 saturated heterocycles. The zero-order valence-corrected chi connectivity index (χ0v) is 55.4. The zero-order chi connectivity index (χ0) is 68.9. The normalized spacial score (nSPS) is 52.4. The maximum Gasteiger partial charge on any atom is 0.397 e. The first-order valence-electron chi connectivity index (χ1n) is 33.1. The fourth-order valence-corrected chi connectivity index (χ4v) is 17.7. The molecule has 0 spiro atoms. The number of carbonyl (C=O) groups is 1. The molecule has 32 unspecified atom stereocenters. The van der Waals surface area contributed by atoms with Crippen LogP contribution in [0, 0.1) is 40.4 Å². The van der Waals surface area contributed by atoms with Crippen LogP contribution in [0.25, 0.3) is 0 Å². The Balaban J connectivity index is 0.898. The monoisotopic (exact) mass is 1370 g/mol. The number of allylic oxidation sites excluding steroid dienone is 2. The van der Waals surface area contributed by atoms with Crippen molar-refractivity contribution in [3.05, 3.63) is 11.6 Å². The van der Waals surface area contributed by atoms with Crippen molar-refractivity contribution in [3.8, 4) is 0 Å². The highest BCUT2D eigenvalue weighted by molar-refractivity contribution is 7.80. The quantitative estimate of drug-likeness (QED) is 0.0459. The van der Waals surface area contributed by atoms with E-state index < -0.39 is 230 Å². The molecule has 0 aromatic heterocycles. The summed E-state index contributed by atoms with van der Waals surface area (Å²) in [4.78, 5) is 13.3. The molecule has 15 N–H and O–H groups in total. The number of Topliss-reactive ketones (excluding diaryl/α,β-unsaturated/α-hetero) is 1. The Bertz CT molecular complexity index is 2710. The molecule has 94 heavy (non-hydrogen) atoms. The van der Waals surface area contributed by atoms with Gasteiger partial charge in [0.15, 0.2) is 37.7 Å². The molecular weight excluding hydrogens is 1270 g/mol. The number of rotatable bonds is 19. The summed E-state index contributed by atoms with van der Waals surface area (Å²) < 4.78 is 113. The van der Waals surface area contributed by atoms with E-state index in [-0.39, 0.29) is 48.7 Å². The van der Waals surface area contributed by atoms with E-state index in [1.165, 1.54) is 34.6 Å². The first-order valence-corrected chi connectivity index (χ1v) is 34.5. The molecule has 6 heterocycles. The van der Waals surface area contributed by atoms with Gasteiger partial charge in [0.2, 0.25) is 0 Å². The second-order valence-corrected chi connectivity index (χ2v) is 30.5. The number of hydrogen-bond donors (Lipinski definition) is 15. The third kappa shape index (κ3) is 14.8.